The Morgan fingerprint density at radius 2 is 0.983 bits per heavy atom. The van der Waals surface area contributed by atoms with Gasteiger partial charge in [0.15, 0.2) is 0 Å². The number of carboxylic acid groups (broad SMARTS) is 1. The summed E-state index contributed by atoms with van der Waals surface area (Å²) in [7, 11) is 0. The molecular formula is C84H143N15O18. The van der Waals surface area contributed by atoms with Crippen LogP contribution in [0.3, 0.4) is 0 Å². The first kappa shape index (κ1) is 104. The van der Waals surface area contributed by atoms with Crippen LogP contribution in [0.15, 0.2) is 42.1 Å². The highest BCUT2D eigenvalue weighted by Crippen LogP contribution is 2.24. The van der Waals surface area contributed by atoms with Crippen LogP contribution in [-0.2, 0) is 83.0 Å². The maximum Gasteiger partial charge on any atom is 0.407 e. The molecule has 1 aromatic rings. The molecule has 17 atom stereocenters. The van der Waals surface area contributed by atoms with Crippen LogP contribution in [0.25, 0.3) is 0 Å². The fourth-order valence-electron chi connectivity index (χ4n) is 13.0. The molecule has 0 unspecified atom stereocenters. The molecule has 33 nitrogen and oxygen atoms in total. The first-order chi connectivity index (χ1) is 54.3. The number of primary amides is 1. The number of carbonyl (C=O) groups excluding carboxylic acids is 14. The number of benzene rings is 1. The Morgan fingerprint density at radius 1 is 0.521 bits per heavy atom. The van der Waals surface area contributed by atoms with E-state index >= 15 is 24.0 Å². The molecular weight excluding hydrogens is 1510 g/mol. The van der Waals surface area contributed by atoms with Gasteiger partial charge >= 0.3 is 12.1 Å². The van der Waals surface area contributed by atoms with Crippen LogP contribution in [0, 0.1) is 47.3 Å². The van der Waals surface area contributed by atoms with Crippen molar-refractivity contribution in [1.29, 1.82) is 0 Å². The van der Waals surface area contributed by atoms with Gasteiger partial charge in [0.25, 0.3) is 5.91 Å². The minimum Gasteiger partial charge on any atom is -0.480 e. The van der Waals surface area contributed by atoms with E-state index in [-0.39, 0.29) is 69.1 Å². The number of alkyl carbamates (subject to hydrolysis) is 1. The second kappa shape index (κ2) is 49.2. The number of hydrogen-bond acceptors (Lipinski definition) is 18. The fraction of sp³-hybridized carbons (Fsp3) is 0.726. The van der Waals surface area contributed by atoms with Gasteiger partial charge in [-0.1, -0.05) is 166 Å². The molecule has 0 spiro atoms. The van der Waals surface area contributed by atoms with E-state index in [2.05, 4.69) is 69.1 Å². The molecule has 2 rings (SSSR count). The van der Waals surface area contributed by atoms with E-state index < -0.39 is 220 Å². The second-order valence-electron chi connectivity index (χ2n) is 34.8. The number of carboxylic acids is 1. The van der Waals surface area contributed by atoms with E-state index in [1.807, 2.05) is 13.8 Å². The molecule has 0 saturated carbocycles. The molecule has 1 fully saturated rings. The molecule has 14 amide bonds. The first-order valence-corrected chi connectivity index (χ1v) is 41.6. The van der Waals surface area contributed by atoms with Crippen LogP contribution >= 0.6 is 0 Å². The molecule has 0 radical (unpaired) electrons. The van der Waals surface area contributed by atoms with Crippen LogP contribution in [0.2, 0.25) is 0 Å². The number of aliphatic carboxylic acids is 1. The van der Waals surface area contributed by atoms with Crippen molar-refractivity contribution < 1.29 is 86.5 Å². The molecule has 117 heavy (non-hydrogen) atoms. The van der Waals surface area contributed by atoms with Crippen molar-refractivity contribution in [2.45, 2.75) is 333 Å². The summed E-state index contributed by atoms with van der Waals surface area (Å²) in [5, 5.41) is 45.9. The third kappa shape index (κ3) is 35.1. The van der Waals surface area contributed by atoms with E-state index in [0.717, 1.165) is 6.42 Å². The van der Waals surface area contributed by atoms with Crippen molar-refractivity contribution in [2.24, 2.45) is 53.1 Å². The molecule has 1 aliphatic rings. The van der Waals surface area contributed by atoms with Gasteiger partial charge in [0.05, 0.1) is 17.7 Å². The van der Waals surface area contributed by atoms with Gasteiger partial charge in [0, 0.05) is 32.0 Å². The van der Waals surface area contributed by atoms with E-state index in [0.29, 0.717) is 24.8 Å². The average molecular weight is 1650 g/mol. The summed E-state index contributed by atoms with van der Waals surface area (Å²) in [4.78, 5) is 214. The van der Waals surface area contributed by atoms with Crippen molar-refractivity contribution in [1.82, 2.24) is 74.0 Å². The number of ether oxygens (including phenoxy) is 2. The molecule has 0 bridgehead atoms. The summed E-state index contributed by atoms with van der Waals surface area (Å²) in [5.41, 5.74) is 4.47. The molecule has 33 heteroatoms. The normalized spacial score (nSPS) is 17.4. The highest BCUT2D eigenvalue weighted by molar-refractivity contribution is 6.02. The lowest BCUT2D eigenvalue weighted by Gasteiger charge is -2.35. The lowest BCUT2D eigenvalue weighted by atomic mass is 9.94. The molecule has 0 aliphatic carbocycles. The largest absolute Gasteiger partial charge is 0.480 e. The van der Waals surface area contributed by atoms with Gasteiger partial charge in [-0.25, -0.2) is 9.59 Å². The van der Waals surface area contributed by atoms with Crippen molar-refractivity contribution >= 4 is 88.9 Å². The molecule has 16 N–H and O–H groups in total. The predicted octanol–water partition coefficient (Wildman–Crippen LogP) is 4.71. The van der Waals surface area contributed by atoms with E-state index in [1.165, 1.54) is 24.8 Å². The van der Waals surface area contributed by atoms with Crippen LogP contribution in [0.4, 0.5) is 4.79 Å². The molecule has 1 aliphatic heterocycles. The lowest BCUT2D eigenvalue weighted by molar-refractivity contribution is -0.144. The van der Waals surface area contributed by atoms with Crippen molar-refractivity contribution in [2.75, 3.05) is 13.1 Å². The van der Waals surface area contributed by atoms with Crippen LogP contribution in [-0.4, -0.2) is 208 Å². The quantitative estimate of drug-likeness (QED) is 0.0310. The monoisotopic (exact) mass is 1650 g/mol. The number of allylic oxidation sites excluding steroid dienone is 1. The minimum absolute atomic E-state index is 0.0266. The summed E-state index contributed by atoms with van der Waals surface area (Å²) in [6.45, 7) is 42.4. The van der Waals surface area contributed by atoms with Crippen LogP contribution in [0.1, 0.15) is 236 Å². The van der Waals surface area contributed by atoms with Crippen LogP contribution < -0.4 is 74.9 Å². The number of amides is 14. The number of carbonyl (C=O) groups is 15. The van der Waals surface area contributed by atoms with Crippen molar-refractivity contribution in [3.05, 3.63) is 47.7 Å². The molecule has 1 heterocycles. The zero-order valence-electron chi connectivity index (χ0n) is 74.1. The Labute approximate surface area is 693 Å². The number of likely N-dealkylation sites (tertiary alicyclic amines) is 1. The highest BCUT2D eigenvalue weighted by Gasteiger charge is 2.45. The summed E-state index contributed by atoms with van der Waals surface area (Å²) in [5.74, 6) is -15.4. The first-order valence-electron chi connectivity index (χ1n) is 41.6. The molecule has 1 aromatic carbocycles. The Kier molecular flexibility index (Phi) is 43.6. The highest BCUT2D eigenvalue weighted by atomic mass is 16.6. The minimum atomic E-state index is -1.73. The van der Waals surface area contributed by atoms with Crippen molar-refractivity contribution in [3.8, 4) is 0 Å². The number of nitrogens with two attached hydrogens (primary N) is 1. The van der Waals surface area contributed by atoms with Gasteiger partial charge in [0.1, 0.15) is 77.8 Å². The number of hydrogen-bond donors (Lipinski definition) is 15. The third-order valence-electron chi connectivity index (χ3n) is 20.7. The van der Waals surface area contributed by atoms with Crippen molar-refractivity contribution in [3.63, 3.8) is 0 Å². The standard InChI is InChI=1S/C84H143N15O18/c1-26-49(15)39-40-59(100)91-61(45(7)8)74(106)98-68(53(19)116-83(20,21)22)79(111)92-62(46(9)10)75(107)93-63(47(11)12)80(112)99-42-34-38-58(99)72(104)89-56(37-33-41-86-82(115)117-84(23,24)25)71(103)95-65(50(16)27-2)77(109)97-67(78(110)96-66(51(17)28-3)76(108)94-64(48(13)14)81(113)114)52(18)87-60(44(5)6)73(105)88-55(29-4)70(102)90-57(69(85)101)43-54-35-31-30-32-36-54/h29-32,35-36,44-53,56-58,60-68,87H,26-28,33-34,37-43H2,1-25H3,(H2,85,101)(H,86,115)(H,88,105)(H,89,104)(H,90,102)(H,91,100)(H,92,111)(H,93,107)(H,94,108)(H,95,103)(H,96,110)(H,97,109)(H,98,106)(H,113,114)/b55-29-/t49-,50-,51-,52+,53+,56-,57-,58+,60-,61+,62-,63+,64-,65+,66+,67+,68-/m0/s1. The number of nitrogens with one attached hydrogen (secondary N) is 13. The second-order valence-corrected chi connectivity index (χ2v) is 34.8. The maximum absolute atomic E-state index is 15.3. The van der Waals surface area contributed by atoms with E-state index in [4.69, 9.17) is 15.2 Å². The summed E-state index contributed by atoms with van der Waals surface area (Å²) >= 11 is 0. The lowest BCUT2D eigenvalue weighted by Crippen LogP contribution is -2.66. The van der Waals surface area contributed by atoms with Gasteiger partial charge in [-0.15, -0.1) is 0 Å². The molecule has 0 aromatic heterocycles. The topological polar surface area (TPSA) is 480 Å². The Balaban J connectivity index is 2.76. The Bertz CT molecular complexity index is 3520. The molecule has 662 valence electrons. The van der Waals surface area contributed by atoms with Gasteiger partial charge < -0.3 is 94.3 Å². The zero-order chi connectivity index (χ0) is 89.4. The van der Waals surface area contributed by atoms with Gasteiger partial charge in [-0.2, -0.15) is 0 Å². The van der Waals surface area contributed by atoms with E-state index in [9.17, 15) is 53.1 Å². The predicted molar refractivity (Wildman–Crippen MR) is 445 cm³/mol. The summed E-state index contributed by atoms with van der Waals surface area (Å²) < 4.78 is 11.7. The Hall–Kier alpha value is -9.27. The van der Waals surface area contributed by atoms with E-state index in [1.54, 1.807) is 176 Å². The smallest absolute Gasteiger partial charge is 0.407 e. The average Bonchev–Trinajstić information content (AvgIpc) is 1.77. The SMILES string of the molecule is C/C=C(\NC(=O)[C@@H](N[C@H](C)[C@@H](NC(=O)[C@H](NC(=O)[C@H](CCCNC(=O)OC(C)(C)C)NC(=O)[C@H]1CCCN1C(=O)[C@H](NC(=O)[C@@H](NC(=O)[C@@H](NC(=O)[C@H](NC(=O)CC[C@@H](C)CC)C(C)C)[C@@H](C)OC(C)(C)C)C(C)C)C(C)C)[C@@H](C)CC)C(=O)N[C@@H](C(=O)N[C@H](C(=O)O)C(C)C)[C@@H](C)CC)C(C)C)C(=O)N[C@@H](Cc1ccccc1)C(N)=O. The van der Waals surface area contributed by atoms with Gasteiger partial charge in [-0.3, -0.25) is 62.3 Å². The third-order valence-corrected chi connectivity index (χ3v) is 20.7. The zero-order valence-corrected chi connectivity index (χ0v) is 74.1. The van der Waals surface area contributed by atoms with Crippen LogP contribution in [0.5, 0.6) is 0 Å². The van der Waals surface area contributed by atoms with Gasteiger partial charge in [0.2, 0.25) is 70.9 Å². The fourth-order valence-corrected chi connectivity index (χ4v) is 13.0. The van der Waals surface area contributed by atoms with Gasteiger partial charge in [-0.05, 0) is 147 Å². The molecule has 1 saturated heterocycles. The Morgan fingerprint density at radius 3 is 1.46 bits per heavy atom. The summed E-state index contributed by atoms with van der Waals surface area (Å²) in [6.07, 6.45) is 2.03. The maximum atomic E-state index is 15.3. The number of rotatable bonds is 48. The summed E-state index contributed by atoms with van der Waals surface area (Å²) in [6, 6.07) is -8.72. The number of nitrogens with zero attached hydrogens (tertiary/aromatic N) is 1.